The first-order chi connectivity index (χ1) is 15.2. The second kappa shape index (κ2) is 10.8. The van der Waals surface area contributed by atoms with Crippen molar-refractivity contribution in [3.63, 3.8) is 0 Å². The van der Waals surface area contributed by atoms with E-state index in [2.05, 4.69) is 54.2 Å². The standard InChI is InChI=1S/C27H46O.C4H8/c1-18(2)7-6-8-19(3)23-11-12-24-22-10-9-20-17-21(28)13-15-26(20,4)25(22)14-16-27(23,24)5;1-3-4-2/h9,18-19,21-25,28H,6-8,10-17H2,1-5H3;3H,1,4H2,2H3/t19?,21-,22-,23+,24-,25-,26-,27+;/m0./s1. The van der Waals surface area contributed by atoms with Crippen LogP contribution < -0.4 is 0 Å². The van der Waals surface area contributed by atoms with Crippen LogP contribution in [0.25, 0.3) is 0 Å². The molecule has 1 unspecified atom stereocenters. The van der Waals surface area contributed by atoms with Gasteiger partial charge in [-0.25, -0.2) is 0 Å². The molecule has 184 valence electrons. The second-order valence-corrected chi connectivity index (χ2v) is 12.9. The molecule has 0 amide bonds. The average molecular weight is 443 g/mol. The SMILES string of the molecule is C=CCC.CC(C)CCCC(C)[C@H]1CC[C@H]2[C@@H]3CC=C4C[C@@H](O)CC[C@]4(C)[C@H]3CC[C@]12C. The van der Waals surface area contributed by atoms with E-state index >= 15 is 0 Å². The highest BCUT2D eigenvalue weighted by atomic mass is 16.3. The van der Waals surface area contributed by atoms with Crippen molar-refractivity contribution in [2.75, 3.05) is 0 Å². The summed E-state index contributed by atoms with van der Waals surface area (Å²) in [5.41, 5.74) is 2.60. The topological polar surface area (TPSA) is 20.2 Å². The summed E-state index contributed by atoms with van der Waals surface area (Å²) >= 11 is 0. The van der Waals surface area contributed by atoms with Crippen LogP contribution in [0.2, 0.25) is 0 Å². The van der Waals surface area contributed by atoms with Gasteiger partial charge in [-0.3, -0.25) is 0 Å². The van der Waals surface area contributed by atoms with E-state index in [1.807, 2.05) is 6.08 Å². The number of allylic oxidation sites excluding steroid dienone is 2. The summed E-state index contributed by atoms with van der Waals surface area (Å²) in [4.78, 5) is 0. The van der Waals surface area contributed by atoms with E-state index in [9.17, 15) is 5.11 Å². The fourth-order valence-corrected chi connectivity index (χ4v) is 8.67. The molecule has 8 atom stereocenters. The maximum absolute atomic E-state index is 10.2. The van der Waals surface area contributed by atoms with Crippen LogP contribution in [0, 0.1) is 46.3 Å². The van der Waals surface area contributed by atoms with Crippen molar-refractivity contribution < 1.29 is 5.11 Å². The number of aliphatic hydroxyl groups excluding tert-OH is 1. The molecule has 0 aromatic carbocycles. The minimum atomic E-state index is -0.0766. The van der Waals surface area contributed by atoms with Gasteiger partial charge in [0.2, 0.25) is 0 Å². The molecule has 0 heterocycles. The maximum Gasteiger partial charge on any atom is 0.0577 e. The quantitative estimate of drug-likeness (QED) is 0.407. The number of rotatable bonds is 6. The van der Waals surface area contributed by atoms with Crippen LogP contribution in [0.4, 0.5) is 0 Å². The van der Waals surface area contributed by atoms with E-state index in [0.29, 0.717) is 10.8 Å². The molecule has 0 aromatic rings. The van der Waals surface area contributed by atoms with Crippen LogP contribution in [0.1, 0.15) is 119 Å². The van der Waals surface area contributed by atoms with E-state index < -0.39 is 0 Å². The zero-order chi connectivity index (χ0) is 23.5. The van der Waals surface area contributed by atoms with Crippen LogP contribution in [-0.2, 0) is 0 Å². The van der Waals surface area contributed by atoms with Crippen LogP contribution in [-0.4, -0.2) is 11.2 Å². The fraction of sp³-hybridized carbons (Fsp3) is 0.871. The third-order valence-electron chi connectivity index (χ3n) is 10.6. The van der Waals surface area contributed by atoms with Crippen molar-refractivity contribution in [2.45, 2.75) is 125 Å². The predicted octanol–water partition coefficient (Wildman–Crippen LogP) is 8.97. The summed E-state index contributed by atoms with van der Waals surface area (Å²) in [5.74, 6) is 5.46. The van der Waals surface area contributed by atoms with E-state index in [4.69, 9.17) is 0 Å². The summed E-state index contributed by atoms with van der Waals surface area (Å²) in [6.07, 6.45) is 20.1. The number of aliphatic hydroxyl groups is 1. The molecule has 0 aromatic heterocycles. The smallest absolute Gasteiger partial charge is 0.0577 e. The molecule has 3 fully saturated rings. The monoisotopic (exact) mass is 442 g/mol. The Morgan fingerprint density at radius 3 is 2.44 bits per heavy atom. The lowest BCUT2D eigenvalue weighted by atomic mass is 9.47. The third kappa shape index (κ3) is 5.08. The van der Waals surface area contributed by atoms with E-state index in [0.717, 1.165) is 54.8 Å². The first-order valence-corrected chi connectivity index (χ1v) is 14.2. The van der Waals surface area contributed by atoms with Crippen LogP contribution in [0.3, 0.4) is 0 Å². The fourth-order valence-electron chi connectivity index (χ4n) is 8.67. The van der Waals surface area contributed by atoms with Crippen LogP contribution in [0.15, 0.2) is 24.3 Å². The van der Waals surface area contributed by atoms with Crippen LogP contribution in [0.5, 0.6) is 0 Å². The molecule has 3 saturated carbocycles. The molecule has 1 heteroatoms. The Labute approximate surface area is 200 Å². The van der Waals surface area contributed by atoms with Crippen LogP contribution >= 0.6 is 0 Å². The Balaban J connectivity index is 0.000000668. The molecular formula is C31H54O. The zero-order valence-electron chi connectivity index (χ0n) is 22.3. The van der Waals surface area contributed by atoms with Gasteiger partial charge in [0, 0.05) is 0 Å². The highest BCUT2D eigenvalue weighted by Crippen LogP contribution is 2.67. The molecule has 0 bridgehead atoms. The third-order valence-corrected chi connectivity index (χ3v) is 10.6. The lowest BCUT2D eigenvalue weighted by molar-refractivity contribution is -0.0573. The summed E-state index contributed by atoms with van der Waals surface area (Å²) in [6.45, 7) is 18.1. The maximum atomic E-state index is 10.2. The minimum Gasteiger partial charge on any atom is -0.393 e. The molecule has 32 heavy (non-hydrogen) atoms. The Morgan fingerprint density at radius 2 is 1.78 bits per heavy atom. The lowest BCUT2D eigenvalue weighted by Gasteiger charge is -2.58. The highest BCUT2D eigenvalue weighted by Gasteiger charge is 2.59. The van der Waals surface area contributed by atoms with Crippen molar-refractivity contribution in [2.24, 2.45) is 46.3 Å². The summed E-state index contributed by atoms with van der Waals surface area (Å²) in [5, 5.41) is 10.2. The molecule has 4 aliphatic rings. The molecule has 0 aliphatic heterocycles. The van der Waals surface area contributed by atoms with Crippen molar-refractivity contribution >= 4 is 0 Å². The van der Waals surface area contributed by atoms with Gasteiger partial charge < -0.3 is 5.11 Å². The summed E-state index contributed by atoms with van der Waals surface area (Å²) < 4.78 is 0. The van der Waals surface area contributed by atoms with Gasteiger partial charge in [-0.15, -0.1) is 6.58 Å². The molecular weight excluding hydrogens is 388 g/mol. The first kappa shape index (κ1) is 26.1. The molecule has 0 spiro atoms. The number of hydrogen-bond donors (Lipinski definition) is 1. The minimum absolute atomic E-state index is 0.0766. The molecule has 0 radical (unpaired) electrons. The van der Waals surface area contributed by atoms with Crippen molar-refractivity contribution in [1.82, 2.24) is 0 Å². The zero-order valence-corrected chi connectivity index (χ0v) is 22.3. The van der Waals surface area contributed by atoms with Gasteiger partial charge in [0.05, 0.1) is 6.10 Å². The second-order valence-electron chi connectivity index (χ2n) is 12.9. The molecule has 4 aliphatic carbocycles. The van der Waals surface area contributed by atoms with Gasteiger partial charge in [-0.2, -0.15) is 0 Å². The van der Waals surface area contributed by atoms with E-state index in [-0.39, 0.29) is 6.10 Å². The largest absolute Gasteiger partial charge is 0.393 e. The highest BCUT2D eigenvalue weighted by molar-refractivity contribution is 5.25. The Bertz CT molecular complexity index is 647. The van der Waals surface area contributed by atoms with Gasteiger partial charge in [0.15, 0.2) is 0 Å². The normalized spacial score (nSPS) is 41.5. The summed E-state index contributed by atoms with van der Waals surface area (Å²) in [7, 11) is 0. The van der Waals surface area contributed by atoms with Gasteiger partial charge >= 0.3 is 0 Å². The van der Waals surface area contributed by atoms with Crippen molar-refractivity contribution in [3.8, 4) is 0 Å². The van der Waals surface area contributed by atoms with Gasteiger partial charge in [0.1, 0.15) is 0 Å². The van der Waals surface area contributed by atoms with E-state index in [1.54, 1.807) is 5.57 Å². The predicted molar refractivity (Wildman–Crippen MR) is 140 cm³/mol. The molecule has 1 nitrogen and oxygen atoms in total. The van der Waals surface area contributed by atoms with Gasteiger partial charge in [-0.1, -0.05) is 78.5 Å². The van der Waals surface area contributed by atoms with Gasteiger partial charge in [-0.05, 0) is 104 Å². The van der Waals surface area contributed by atoms with Gasteiger partial charge in [0.25, 0.3) is 0 Å². The lowest BCUT2D eigenvalue weighted by Crippen LogP contribution is -2.50. The van der Waals surface area contributed by atoms with E-state index in [1.165, 1.54) is 57.8 Å². The summed E-state index contributed by atoms with van der Waals surface area (Å²) in [6, 6.07) is 0. The molecule has 1 N–H and O–H groups in total. The first-order valence-electron chi connectivity index (χ1n) is 14.2. The number of fused-ring (bicyclic) bond motifs is 5. The van der Waals surface area contributed by atoms with Crippen molar-refractivity contribution in [3.05, 3.63) is 24.3 Å². The average Bonchev–Trinajstić information content (AvgIpc) is 3.11. The molecule has 4 rings (SSSR count). The Hall–Kier alpha value is -0.560. The number of hydrogen-bond acceptors (Lipinski definition) is 1. The Kier molecular flexibility index (Phi) is 8.79. The molecule has 0 saturated heterocycles. The van der Waals surface area contributed by atoms with Crippen molar-refractivity contribution in [1.29, 1.82) is 0 Å². The Morgan fingerprint density at radius 1 is 1.06 bits per heavy atom.